The second-order valence-electron chi connectivity index (χ2n) is 3.83. The Morgan fingerprint density at radius 3 is 2.75 bits per heavy atom. The smallest absolute Gasteiger partial charge is 0.416 e. The molecule has 0 saturated heterocycles. The molecular formula is C11H6F3N5O. The van der Waals surface area contributed by atoms with Gasteiger partial charge in [-0.15, -0.1) is 14.8 Å². The molecule has 0 radical (unpaired) electrons. The highest BCUT2D eigenvalue weighted by Crippen LogP contribution is 2.32. The molecule has 0 atom stereocenters. The zero-order valence-corrected chi connectivity index (χ0v) is 9.74. The lowest BCUT2D eigenvalue weighted by molar-refractivity contribution is -0.137. The zero-order valence-electron chi connectivity index (χ0n) is 9.74. The summed E-state index contributed by atoms with van der Waals surface area (Å²) in [6, 6.07) is 7.52. The van der Waals surface area contributed by atoms with Crippen LogP contribution < -0.4 is 4.74 Å². The summed E-state index contributed by atoms with van der Waals surface area (Å²) in [4.78, 5) is 0. The molecule has 3 rings (SSSR count). The van der Waals surface area contributed by atoms with Gasteiger partial charge in [0.25, 0.3) is 0 Å². The summed E-state index contributed by atoms with van der Waals surface area (Å²) in [5.74, 6) is 0.115. The van der Waals surface area contributed by atoms with E-state index in [0.29, 0.717) is 5.65 Å². The van der Waals surface area contributed by atoms with Crippen LogP contribution in [0.1, 0.15) is 5.56 Å². The lowest BCUT2D eigenvalue weighted by Gasteiger charge is -2.09. The third-order valence-electron chi connectivity index (χ3n) is 2.43. The van der Waals surface area contributed by atoms with Crippen LogP contribution >= 0.6 is 0 Å². The second-order valence-corrected chi connectivity index (χ2v) is 3.83. The van der Waals surface area contributed by atoms with Gasteiger partial charge in [0.2, 0.25) is 5.88 Å². The minimum absolute atomic E-state index is 0.0275. The summed E-state index contributed by atoms with van der Waals surface area (Å²) in [5, 5.41) is 14.5. The monoisotopic (exact) mass is 281 g/mol. The van der Waals surface area contributed by atoms with Gasteiger partial charge in [0.1, 0.15) is 5.75 Å². The van der Waals surface area contributed by atoms with Gasteiger partial charge >= 0.3 is 6.18 Å². The van der Waals surface area contributed by atoms with Crippen LogP contribution in [0.3, 0.4) is 0 Å². The predicted molar refractivity (Wildman–Crippen MR) is 60.1 cm³/mol. The molecule has 0 unspecified atom stereocenters. The number of alkyl halides is 3. The number of nitrogens with zero attached hydrogens (tertiary/aromatic N) is 5. The quantitative estimate of drug-likeness (QED) is 0.721. The first-order chi connectivity index (χ1) is 9.52. The van der Waals surface area contributed by atoms with E-state index in [1.165, 1.54) is 24.3 Å². The largest absolute Gasteiger partial charge is 0.438 e. The van der Waals surface area contributed by atoms with Gasteiger partial charge in [0, 0.05) is 6.07 Å². The highest BCUT2D eigenvalue weighted by molar-refractivity contribution is 5.37. The summed E-state index contributed by atoms with van der Waals surface area (Å²) in [6.45, 7) is 0. The first-order valence-electron chi connectivity index (χ1n) is 5.43. The zero-order chi connectivity index (χ0) is 14.2. The Morgan fingerprint density at radius 1 is 1.10 bits per heavy atom. The van der Waals surface area contributed by atoms with Gasteiger partial charge in [-0.05, 0) is 34.7 Å². The summed E-state index contributed by atoms with van der Waals surface area (Å²) >= 11 is 0. The molecule has 2 aromatic heterocycles. The van der Waals surface area contributed by atoms with E-state index in [1.807, 2.05) is 0 Å². The molecule has 0 aliphatic rings. The normalized spacial score (nSPS) is 11.8. The molecule has 0 spiro atoms. The third-order valence-corrected chi connectivity index (χ3v) is 2.43. The van der Waals surface area contributed by atoms with Crippen molar-refractivity contribution in [3.63, 3.8) is 0 Å². The number of fused-ring (bicyclic) bond motifs is 1. The van der Waals surface area contributed by atoms with Crippen LogP contribution in [0.15, 0.2) is 36.4 Å². The summed E-state index contributed by atoms with van der Waals surface area (Å²) < 4.78 is 44.1. The van der Waals surface area contributed by atoms with Crippen LogP contribution in [0.2, 0.25) is 0 Å². The molecule has 0 aliphatic carbocycles. The maximum atomic E-state index is 12.6. The molecule has 2 heterocycles. The number of hydrogen-bond acceptors (Lipinski definition) is 5. The fraction of sp³-hybridized carbons (Fsp3) is 0.0909. The number of rotatable bonds is 2. The van der Waals surface area contributed by atoms with Crippen LogP contribution in [0.4, 0.5) is 13.2 Å². The summed E-state index contributed by atoms with van der Waals surface area (Å²) in [6.07, 6.45) is -4.42. The van der Waals surface area contributed by atoms with Crippen molar-refractivity contribution in [1.29, 1.82) is 0 Å². The van der Waals surface area contributed by atoms with Gasteiger partial charge in [-0.25, -0.2) is 0 Å². The molecule has 1 aromatic carbocycles. The van der Waals surface area contributed by atoms with Crippen LogP contribution in [-0.4, -0.2) is 25.3 Å². The molecule has 9 heteroatoms. The van der Waals surface area contributed by atoms with E-state index in [2.05, 4.69) is 20.6 Å². The minimum Gasteiger partial charge on any atom is -0.438 e. The minimum atomic E-state index is -4.42. The highest BCUT2D eigenvalue weighted by atomic mass is 19.4. The van der Waals surface area contributed by atoms with E-state index >= 15 is 0 Å². The van der Waals surface area contributed by atoms with Gasteiger partial charge in [-0.1, -0.05) is 6.07 Å². The van der Waals surface area contributed by atoms with Crippen LogP contribution in [0.5, 0.6) is 11.6 Å². The number of halogens is 3. The Hall–Kier alpha value is -2.71. The maximum Gasteiger partial charge on any atom is 0.416 e. The van der Waals surface area contributed by atoms with Crippen molar-refractivity contribution in [2.75, 3.05) is 0 Å². The lowest BCUT2D eigenvalue weighted by atomic mass is 10.2. The average Bonchev–Trinajstić information content (AvgIpc) is 2.85. The number of benzene rings is 1. The van der Waals surface area contributed by atoms with Crippen molar-refractivity contribution in [3.05, 3.63) is 42.0 Å². The van der Waals surface area contributed by atoms with Crippen LogP contribution in [0.25, 0.3) is 5.65 Å². The number of aromatic nitrogens is 5. The molecule has 0 saturated carbocycles. The van der Waals surface area contributed by atoms with E-state index in [0.717, 1.165) is 16.8 Å². The van der Waals surface area contributed by atoms with Gasteiger partial charge < -0.3 is 4.74 Å². The van der Waals surface area contributed by atoms with E-state index in [4.69, 9.17) is 4.74 Å². The SMILES string of the molecule is FC(F)(F)c1cccc(Oc2ccc3nnnn3n2)c1. The number of hydrogen-bond donors (Lipinski definition) is 0. The van der Waals surface area contributed by atoms with Crippen molar-refractivity contribution in [2.24, 2.45) is 0 Å². The standard InChI is InChI=1S/C11H6F3N5O/c12-11(13,14)7-2-1-3-8(6-7)20-10-5-4-9-15-17-18-19(9)16-10/h1-6H. The van der Waals surface area contributed by atoms with E-state index in [-0.39, 0.29) is 11.6 Å². The fourth-order valence-electron chi connectivity index (χ4n) is 1.54. The molecular weight excluding hydrogens is 275 g/mol. The van der Waals surface area contributed by atoms with Crippen LogP contribution in [-0.2, 0) is 6.18 Å². The Balaban J connectivity index is 1.90. The second kappa shape index (κ2) is 4.44. The number of ether oxygens (including phenoxy) is 1. The molecule has 0 bridgehead atoms. The summed E-state index contributed by atoms with van der Waals surface area (Å²) in [7, 11) is 0. The van der Waals surface area contributed by atoms with Gasteiger partial charge in [0.15, 0.2) is 5.65 Å². The van der Waals surface area contributed by atoms with E-state index in [9.17, 15) is 13.2 Å². The van der Waals surface area contributed by atoms with Crippen molar-refractivity contribution < 1.29 is 17.9 Å². The first-order valence-corrected chi connectivity index (χ1v) is 5.43. The van der Waals surface area contributed by atoms with Crippen LogP contribution in [0, 0.1) is 0 Å². The van der Waals surface area contributed by atoms with E-state index in [1.54, 1.807) is 0 Å². The van der Waals surface area contributed by atoms with Crippen molar-refractivity contribution in [2.45, 2.75) is 6.18 Å². The topological polar surface area (TPSA) is 65.2 Å². The molecule has 3 aromatic rings. The highest BCUT2D eigenvalue weighted by Gasteiger charge is 2.30. The predicted octanol–water partition coefficient (Wildman–Crippen LogP) is 2.33. The van der Waals surface area contributed by atoms with Gasteiger partial charge in [0.05, 0.1) is 5.56 Å². The van der Waals surface area contributed by atoms with Crippen molar-refractivity contribution in [3.8, 4) is 11.6 Å². The van der Waals surface area contributed by atoms with E-state index < -0.39 is 11.7 Å². The van der Waals surface area contributed by atoms with Crippen molar-refractivity contribution >= 4 is 5.65 Å². The molecule has 102 valence electrons. The third kappa shape index (κ3) is 2.37. The van der Waals surface area contributed by atoms with Gasteiger partial charge in [-0.3, -0.25) is 0 Å². The molecule has 6 nitrogen and oxygen atoms in total. The molecule has 0 amide bonds. The lowest BCUT2D eigenvalue weighted by Crippen LogP contribution is -2.04. The summed E-state index contributed by atoms with van der Waals surface area (Å²) in [5.41, 5.74) is -0.389. The molecule has 0 N–H and O–H groups in total. The Kier molecular flexibility index (Phi) is 2.74. The Bertz CT molecular complexity index is 755. The molecule has 20 heavy (non-hydrogen) atoms. The number of tetrazole rings is 1. The Morgan fingerprint density at radius 2 is 1.95 bits per heavy atom. The molecule has 0 aliphatic heterocycles. The molecule has 0 fully saturated rings. The Labute approximate surface area is 109 Å². The van der Waals surface area contributed by atoms with Crippen molar-refractivity contribution in [1.82, 2.24) is 25.3 Å². The fourth-order valence-corrected chi connectivity index (χ4v) is 1.54. The maximum absolute atomic E-state index is 12.6. The average molecular weight is 281 g/mol. The van der Waals surface area contributed by atoms with Gasteiger partial charge in [-0.2, -0.15) is 13.2 Å². The first kappa shape index (κ1) is 12.3.